The van der Waals surface area contributed by atoms with Crippen LogP contribution in [0.25, 0.3) is 12.2 Å². The summed E-state index contributed by atoms with van der Waals surface area (Å²) in [5.41, 5.74) is 3.61. The van der Waals surface area contributed by atoms with E-state index in [0.717, 1.165) is 59.5 Å². The molecule has 0 radical (unpaired) electrons. The zero-order valence-electron chi connectivity index (χ0n) is 16.7. The second-order valence-electron chi connectivity index (χ2n) is 6.94. The maximum absolute atomic E-state index is 12.9. The van der Waals surface area contributed by atoms with Gasteiger partial charge in [0, 0.05) is 22.3 Å². The van der Waals surface area contributed by atoms with Crippen molar-refractivity contribution >= 4 is 17.9 Å². The van der Waals surface area contributed by atoms with Gasteiger partial charge in [-0.25, -0.2) is 0 Å². The maximum Gasteiger partial charge on any atom is 0.185 e. The van der Waals surface area contributed by atoms with Crippen molar-refractivity contribution in [1.29, 1.82) is 0 Å². The molecule has 1 saturated carbocycles. The smallest absolute Gasteiger partial charge is 0.185 e. The van der Waals surface area contributed by atoms with Gasteiger partial charge in [-0.05, 0) is 50.0 Å². The van der Waals surface area contributed by atoms with Crippen LogP contribution in [0.2, 0.25) is 0 Å². The molecule has 146 valence electrons. The molecule has 0 spiro atoms. The van der Waals surface area contributed by atoms with Gasteiger partial charge in [0.15, 0.2) is 5.78 Å². The lowest BCUT2D eigenvalue weighted by Gasteiger charge is -2.09. The second-order valence-corrected chi connectivity index (χ2v) is 6.94. The number of hydrogen-bond donors (Lipinski definition) is 0. The molecule has 1 fully saturated rings. The number of Topliss-reactive ketones (excluding diaryl/α,β-unsaturated/α-hetero) is 1. The molecule has 0 aliphatic heterocycles. The van der Waals surface area contributed by atoms with Crippen LogP contribution < -0.4 is 9.47 Å². The minimum Gasteiger partial charge on any atom is -0.493 e. The molecule has 2 aromatic rings. The Morgan fingerprint density at radius 2 is 1.18 bits per heavy atom. The number of carbonyl (C=O) groups is 1. The Morgan fingerprint density at radius 1 is 0.750 bits per heavy atom. The summed E-state index contributed by atoms with van der Waals surface area (Å²) in [6.07, 6.45) is 7.38. The molecule has 3 heteroatoms. The summed E-state index contributed by atoms with van der Waals surface area (Å²) >= 11 is 0. The molecule has 1 aliphatic rings. The molecule has 0 N–H and O–H groups in total. The highest BCUT2D eigenvalue weighted by atomic mass is 16.5. The molecule has 1 aliphatic carbocycles. The van der Waals surface area contributed by atoms with Gasteiger partial charge in [0.05, 0.1) is 13.2 Å². The molecular formula is C25H28O3. The molecule has 0 heterocycles. The predicted molar refractivity (Wildman–Crippen MR) is 115 cm³/mol. The van der Waals surface area contributed by atoms with Gasteiger partial charge in [0.1, 0.15) is 11.5 Å². The largest absolute Gasteiger partial charge is 0.493 e. The van der Waals surface area contributed by atoms with Gasteiger partial charge < -0.3 is 9.47 Å². The van der Waals surface area contributed by atoms with E-state index in [1.54, 1.807) is 0 Å². The van der Waals surface area contributed by atoms with E-state index >= 15 is 0 Å². The van der Waals surface area contributed by atoms with E-state index in [4.69, 9.17) is 9.47 Å². The fraction of sp³-hybridized carbons (Fsp3) is 0.320. The fourth-order valence-electron chi connectivity index (χ4n) is 3.24. The Kier molecular flexibility index (Phi) is 7.07. The number of ketones is 1. The zero-order chi connectivity index (χ0) is 19.8. The number of carbonyl (C=O) groups excluding carboxylic acids is 1. The summed E-state index contributed by atoms with van der Waals surface area (Å²) in [6, 6.07) is 15.8. The van der Waals surface area contributed by atoms with Crippen LogP contribution in [0, 0.1) is 0 Å². The molecule has 3 nitrogen and oxygen atoms in total. The summed E-state index contributed by atoms with van der Waals surface area (Å²) in [5.74, 6) is 1.79. The third-order valence-corrected chi connectivity index (χ3v) is 4.67. The van der Waals surface area contributed by atoms with E-state index in [0.29, 0.717) is 13.2 Å². The van der Waals surface area contributed by atoms with E-state index in [1.165, 1.54) is 0 Å². The molecule has 0 bridgehead atoms. The summed E-state index contributed by atoms with van der Waals surface area (Å²) in [5, 5.41) is 0. The molecule has 0 amide bonds. The Hall–Kier alpha value is -2.81. The van der Waals surface area contributed by atoms with Crippen LogP contribution in [0.1, 0.15) is 50.7 Å². The van der Waals surface area contributed by atoms with E-state index in [-0.39, 0.29) is 5.78 Å². The third kappa shape index (κ3) is 4.92. The molecule has 0 saturated heterocycles. The first-order chi connectivity index (χ1) is 13.7. The van der Waals surface area contributed by atoms with Gasteiger partial charge in [-0.15, -0.1) is 0 Å². The van der Waals surface area contributed by atoms with Crippen molar-refractivity contribution in [3.8, 4) is 11.5 Å². The van der Waals surface area contributed by atoms with Crippen LogP contribution >= 0.6 is 0 Å². The van der Waals surface area contributed by atoms with Crippen molar-refractivity contribution in [1.82, 2.24) is 0 Å². The quantitative estimate of drug-likeness (QED) is 0.523. The molecule has 0 aromatic heterocycles. The highest BCUT2D eigenvalue weighted by Crippen LogP contribution is 2.33. The fourth-order valence-corrected chi connectivity index (χ4v) is 3.24. The summed E-state index contributed by atoms with van der Waals surface area (Å²) in [4.78, 5) is 12.9. The van der Waals surface area contributed by atoms with Crippen LogP contribution in [0.5, 0.6) is 11.5 Å². The van der Waals surface area contributed by atoms with Crippen molar-refractivity contribution in [2.75, 3.05) is 13.2 Å². The van der Waals surface area contributed by atoms with Crippen molar-refractivity contribution < 1.29 is 14.3 Å². The van der Waals surface area contributed by atoms with E-state index < -0.39 is 0 Å². The predicted octanol–water partition coefficient (Wildman–Crippen LogP) is 6.09. The standard InChI is InChI=1S/C25H28O3/c1-3-15-27-23-11-7-5-9-19(23)17-21-13-14-22(25(21)26)18-20-10-6-8-12-24(20)28-16-4-2/h5-12,17-18H,3-4,13-16H2,1-2H3. The monoisotopic (exact) mass is 376 g/mol. The Labute approximate surface area is 167 Å². The van der Waals surface area contributed by atoms with E-state index in [2.05, 4.69) is 13.8 Å². The summed E-state index contributed by atoms with van der Waals surface area (Å²) in [6.45, 7) is 5.52. The average molecular weight is 376 g/mol. The van der Waals surface area contributed by atoms with Crippen LogP contribution in [-0.4, -0.2) is 19.0 Å². The van der Waals surface area contributed by atoms with Gasteiger partial charge in [0.25, 0.3) is 0 Å². The number of hydrogen-bond acceptors (Lipinski definition) is 3. The maximum atomic E-state index is 12.9. The second kappa shape index (κ2) is 9.93. The molecule has 2 aromatic carbocycles. The topological polar surface area (TPSA) is 35.5 Å². The van der Waals surface area contributed by atoms with Crippen LogP contribution in [0.3, 0.4) is 0 Å². The molecule has 3 rings (SSSR count). The van der Waals surface area contributed by atoms with Crippen molar-refractivity contribution in [2.24, 2.45) is 0 Å². The van der Waals surface area contributed by atoms with Gasteiger partial charge in [0.2, 0.25) is 0 Å². The van der Waals surface area contributed by atoms with Gasteiger partial charge in [-0.3, -0.25) is 4.79 Å². The minimum absolute atomic E-state index is 0.121. The van der Waals surface area contributed by atoms with E-state index in [9.17, 15) is 4.79 Å². The molecule has 0 atom stereocenters. The first-order valence-corrected chi connectivity index (χ1v) is 10.1. The van der Waals surface area contributed by atoms with Gasteiger partial charge in [-0.2, -0.15) is 0 Å². The molecular weight excluding hydrogens is 348 g/mol. The Morgan fingerprint density at radius 3 is 1.61 bits per heavy atom. The molecule has 0 unspecified atom stereocenters. The van der Waals surface area contributed by atoms with E-state index in [1.807, 2.05) is 60.7 Å². The molecule has 28 heavy (non-hydrogen) atoms. The van der Waals surface area contributed by atoms with Crippen LogP contribution in [-0.2, 0) is 4.79 Å². The number of para-hydroxylation sites is 2. The SMILES string of the molecule is CCCOc1ccccc1C=C1CCC(=Cc2ccccc2OCCC)C1=O. The Bertz CT molecular complexity index is 805. The highest BCUT2D eigenvalue weighted by molar-refractivity contribution is 6.15. The minimum atomic E-state index is 0.121. The van der Waals surface area contributed by atoms with Crippen molar-refractivity contribution in [2.45, 2.75) is 39.5 Å². The average Bonchev–Trinajstić information content (AvgIpc) is 3.06. The van der Waals surface area contributed by atoms with Gasteiger partial charge in [-0.1, -0.05) is 50.2 Å². The lowest BCUT2D eigenvalue weighted by atomic mass is 10.1. The number of ether oxygens (including phenoxy) is 2. The number of rotatable bonds is 8. The van der Waals surface area contributed by atoms with Crippen LogP contribution in [0.4, 0.5) is 0 Å². The summed E-state index contributed by atoms with van der Waals surface area (Å²) < 4.78 is 11.6. The van der Waals surface area contributed by atoms with Crippen LogP contribution in [0.15, 0.2) is 59.7 Å². The summed E-state index contributed by atoms with van der Waals surface area (Å²) in [7, 11) is 0. The Balaban J connectivity index is 1.82. The van der Waals surface area contributed by atoms with Gasteiger partial charge >= 0.3 is 0 Å². The number of benzene rings is 2. The third-order valence-electron chi connectivity index (χ3n) is 4.67. The zero-order valence-corrected chi connectivity index (χ0v) is 16.7. The highest BCUT2D eigenvalue weighted by Gasteiger charge is 2.23. The van der Waals surface area contributed by atoms with Crippen molar-refractivity contribution in [3.05, 3.63) is 70.8 Å². The normalized spacial score (nSPS) is 16.7. The lowest BCUT2D eigenvalue weighted by molar-refractivity contribution is -0.111. The number of allylic oxidation sites excluding steroid dienone is 2. The van der Waals surface area contributed by atoms with Crippen molar-refractivity contribution in [3.63, 3.8) is 0 Å². The first kappa shape index (κ1) is 19.9. The lowest BCUT2D eigenvalue weighted by Crippen LogP contribution is -1.99. The first-order valence-electron chi connectivity index (χ1n) is 10.1.